The van der Waals surface area contributed by atoms with Gasteiger partial charge in [0.1, 0.15) is 6.23 Å². The monoisotopic (exact) mass is 156 g/mol. The van der Waals surface area contributed by atoms with Crippen molar-refractivity contribution >= 4 is 0 Å². The van der Waals surface area contributed by atoms with Gasteiger partial charge in [0.25, 0.3) is 0 Å². The molecule has 1 aliphatic heterocycles. The second-order valence-corrected chi connectivity index (χ2v) is 2.85. The van der Waals surface area contributed by atoms with Crippen molar-refractivity contribution in [1.82, 2.24) is 10.0 Å². The molecule has 0 spiro atoms. The van der Waals surface area contributed by atoms with E-state index < -0.39 is 0 Å². The number of rotatable bonds is 3. The van der Waals surface area contributed by atoms with Gasteiger partial charge in [0, 0.05) is 19.8 Å². The van der Waals surface area contributed by atoms with Crippen LogP contribution in [-0.4, -0.2) is 34.9 Å². The molecule has 0 bridgehead atoms. The first-order valence-corrected chi connectivity index (χ1v) is 4.09. The van der Waals surface area contributed by atoms with Gasteiger partial charge in [0.2, 0.25) is 0 Å². The maximum atomic E-state index is 9.56. The molecule has 0 radical (unpaired) electrons. The first kappa shape index (κ1) is 8.56. The van der Waals surface area contributed by atoms with Gasteiger partial charge >= 0.3 is 0 Å². The van der Waals surface area contributed by atoms with E-state index in [9.17, 15) is 5.11 Å². The van der Waals surface area contributed by atoms with Gasteiger partial charge in [-0.2, -0.15) is 5.01 Å². The van der Waals surface area contributed by atoms with Crippen molar-refractivity contribution in [3.63, 3.8) is 0 Å². The molecule has 1 atom stereocenters. The molecule has 64 valence electrons. The zero-order chi connectivity index (χ0) is 8.27. The molecular formula is C8H16N2O. The Balaban J connectivity index is 2.35. The van der Waals surface area contributed by atoms with E-state index in [1.54, 1.807) is 0 Å². The van der Waals surface area contributed by atoms with Crippen molar-refractivity contribution in [2.45, 2.75) is 26.0 Å². The third-order valence-electron chi connectivity index (χ3n) is 1.91. The van der Waals surface area contributed by atoms with E-state index in [0.717, 1.165) is 19.4 Å². The summed E-state index contributed by atoms with van der Waals surface area (Å²) in [5.41, 5.74) is 0. The lowest BCUT2D eigenvalue weighted by Crippen LogP contribution is -2.41. The van der Waals surface area contributed by atoms with Gasteiger partial charge in [-0.15, -0.1) is 0 Å². The number of hydrogen-bond donors (Lipinski definition) is 1. The summed E-state index contributed by atoms with van der Waals surface area (Å²) in [5.74, 6) is 0. The molecule has 1 aliphatic rings. The zero-order valence-corrected chi connectivity index (χ0v) is 7.20. The van der Waals surface area contributed by atoms with Gasteiger partial charge in [0.15, 0.2) is 0 Å². The van der Waals surface area contributed by atoms with Crippen LogP contribution in [0.4, 0.5) is 0 Å². The van der Waals surface area contributed by atoms with Crippen LogP contribution in [0, 0.1) is 0 Å². The van der Waals surface area contributed by atoms with Crippen LogP contribution in [0.5, 0.6) is 0 Å². The number of nitrogens with zero attached hydrogens (tertiary/aromatic N) is 2. The van der Waals surface area contributed by atoms with Crippen LogP contribution < -0.4 is 0 Å². The topological polar surface area (TPSA) is 26.7 Å². The quantitative estimate of drug-likeness (QED) is 0.654. The third kappa shape index (κ3) is 1.94. The first-order chi connectivity index (χ1) is 5.25. The molecule has 3 heteroatoms. The molecule has 1 heterocycles. The van der Waals surface area contributed by atoms with Gasteiger partial charge in [-0.25, -0.2) is 0 Å². The fraction of sp³-hybridized carbons (Fsp3) is 0.750. The molecule has 0 fully saturated rings. The summed E-state index contributed by atoms with van der Waals surface area (Å²) in [5, 5.41) is 13.4. The van der Waals surface area contributed by atoms with Crippen LogP contribution >= 0.6 is 0 Å². The van der Waals surface area contributed by atoms with E-state index in [-0.39, 0.29) is 6.23 Å². The summed E-state index contributed by atoms with van der Waals surface area (Å²) in [6.07, 6.45) is 5.55. The Hall–Kier alpha value is -0.540. The number of aliphatic hydroxyl groups is 1. The second kappa shape index (κ2) is 3.74. The van der Waals surface area contributed by atoms with Gasteiger partial charge in [-0.3, -0.25) is 0 Å². The maximum absolute atomic E-state index is 9.56. The zero-order valence-electron chi connectivity index (χ0n) is 7.20. The van der Waals surface area contributed by atoms with E-state index in [2.05, 4.69) is 6.92 Å². The lowest BCUT2D eigenvalue weighted by molar-refractivity contribution is -0.0886. The molecule has 0 saturated carbocycles. The highest BCUT2D eigenvalue weighted by Crippen LogP contribution is 2.11. The molecule has 1 N–H and O–H groups in total. The fourth-order valence-electron chi connectivity index (χ4n) is 1.26. The van der Waals surface area contributed by atoms with E-state index in [1.165, 1.54) is 0 Å². The highest BCUT2D eigenvalue weighted by Gasteiger charge is 2.19. The average molecular weight is 156 g/mol. The highest BCUT2D eigenvalue weighted by atomic mass is 16.3. The minimum atomic E-state index is -0.319. The SMILES string of the molecule is CCCC(O)N1CC=CN1C. The molecule has 1 unspecified atom stereocenters. The third-order valence-corrected chi connectivity index (χ3v) is 1.91. The molecule has 0 aromatic rings. The predicted molar refractivity (Wildman–Crippen MR) is 44.5 cm³/mol. The average Bonchev–Trinajstić information content (AvgIpc) is 2.36. The molecule has 0 amide bonds. The van der Waals surface area contributed by atoms with Gasteiger partial charge in [-0.05, 0) is 6.42 Å². The van der Waals surface area contributed by atoms with E-state index in [4.69, 9.17) is 0 Å². The minimum Gasteiger partial charge on any atom is -0.377 e. The summed E-state index contributed by atoms with van der Waals surface area (Å²) >= 11 is 0. The Kier molecular flexibility index (Phi) is 2.91. The van der Waals surface area contributed by atoms with Crippen LogP contribution in [0.15, 0.2) is 12.3 Å². The molecule has 11 heavy (non-hydrogen) atoms. The van der Waals surface area contributed by atoms with Crippen LogP contribution in [0.3, 0.4) is 0 Å². The number of aliphatic hydroxyl groups excluding tert-OH is 1. The second-order valence-electron chi connectivity index (χ2n) is 2.85. The summed E-state index contributed by atoms with van der Waals surface area (Å²) in [6.45, 7) is 2.91. The Morgan fingerprint density at radius 3 is 2.82 bits per heavy atom. The maximum Gasteiger partial charge on any atom is 0.124 e. The Bertz CT molecular complexity index is 147. The summed E-state index contributed by atoms with van der Waals surface area (Å²) < 4.78 is 0. The van der Waals surface area contributed by atoms with Gasteiger partial charge < -0.3 is 10.1 Å². The van der Waals surface area contributed by atoms with Crippen molar-refractivity contribution in [3.8, 4) is 0 Å². The van der Waals surface area contributed by atoms with Crippen LogP contribution in [0.2, 0.25) is 0 Å². The lowest BCUT2D eigenvalue weighted by atomic mass is 10.3. The van der Waals surface area contributed by atoms with E-state index in [0.29, 0.717) is 0 Å². The lowest BCUT2D eigenvalue weighted by Gasteiger charge is -2.29. The van der Waals surface area contributed by atoms with Crippen molar-refractivity contribution < 1.29 is 5.11 Å². The predicted octanol–water partition coefficient (Wildman–Crippen LogP) is 0.781. The number of hydrazine groups is 1. The number of hydrogen-bond acceptors (Lipinski definition) is 3. The fourth-order valence-corrected chi connectivity index (χ4v) is 1.26. The molecule has 0 aromatic carbocycles. The molecular weight excluding hydrogens is 140 g/mol. The Labute approximate surface area is 67.9 Å². The smallest absolute Gasteiger partial charge is 0.124 e. The largest absolute Gasteiger partial charge is 0.377 e. The van der Waals surface area contributed by atoms with Gasteiger partial charge in [0.05, 0.1) is 0 Å². The van der Waals surface area contributed by atoms with Crippen LogP contribution in [-0.2, 0) is 0 Å². The van der Waals surface area contributed by atoms with E-state index >= 15 is 0 Å². The summed E-state index contributed by atoms with van der Waals surface area (Å²) in [6, 6.07) is 0. The minimum absolute atomic E-state index is 0.319. The Morgan fingerprint density at radius 1 is 1.64 bits per heavy atom. The highest BCUT2D eigenvalue weighted by molar-refractivity contribution is 4.90. The molecule has 0 aromatic heterocycles. The van der Waals surface area contributed by atoms with Crippen molar-refractivity contribution in [3.05, 3.63) is 12.3 Å². The molecule has 1 rings (SSSR count). The van der Waals surface area contributed by atoms with Crippen molar-refractivity contribution in [2.24, 2.45) is 0 Å². The van der Waals surface area contributed by atoms with Crippen LogP contribution in [0.1, 0.15) is 19.8 Å². The van der Waals surface area contributed by atoms with Crippen LogP contribution in [0.25, 0.3) is 0 Å². The standard InChI is InChI=1S/C8H16N2O/c1-3-5-8(11)10-7-4-6-9(10)2/h4,6,8,11H,3,5,7H2,1-2H3. The normalized spacial score (nSPS) is 21.2. The molecule has 3 nitrogen and oxygen atoms in total. The van der Waals surface area contributed by atoms with Crippen molar-refractivity contribution in [2.75, 3.05) is 13.6 Å². The molecule has 0 saturated heterocycles. The summed E-state index contributed by atoms with van der Waals surface area (Å²) in [4.78, 5) is 0. The van der Waals surface area contributed by atoms with Crippen molar-refractivity contribution in [1.29, 1.82) is 0 Å². The first-order valence-electron chi connectivity index (χ1n) is 4.09. The summed E-state index contributed by atoms with van der Waals surface area (Å²) in [7, 11) is 1.95. The van der Waals surface area contributed by atoms with E-state index in [1.807, 2.05) is 29.3 Å². The van der Waals surface area contributed by atoms with Gasteiger partial charge in [-0.1, -0.05) is 19.4 Å². The molecule has 0 aliphatic carbocycles. The Morgan fingerprint density at radius 2 is 2.36 bits per heavy atom.